The maximum atomic E-state index is 8.77. The van der Waals surface area contributed by atoms with Gasteiger partial charge in [0.05, 0.1) is 12.2 Å². The van der Waals surface area contributed by atoms with Gasteiger partial charge in [-0.1, -0.05) is 20.3 Å². The monoisotopic (exact) mass is 212 g/mol. The van der Waals surface area contributed by atoms with Crippen molar-refractivity contribution in [3.63, 3.8) is 0 Å². The van der Waals surface area contributed by atoms with E-state index in [1.54, 1.807) is 6.92 Å². The average molecular weight is 212 g/mol. The van der Waals surface area contributed by atoms with Crippen molar-refractivity contribution in [2.24, 2.45) is 11.7 Å². The molecule has 0 rings (SSSR count). The molecule has 3 heteroatoms. The largest absolute Gasteiger partial charge is 0.378 e. The molecule has 0 aliphatic carbocycles. The summed E-state index contributed by atoms with van der Waals surface area (Å²) in [5, 5.41) is 8.77. The van der Waals surface area contributed by atoms with Crippen molar-refractivity contribution in [3.05, 3.63) is 0 Å². The van der Waals surface area contributed by atoms with E-state index < -0.39 is 5.54 Å². The van der Waals surface area contributed by atoms with E-state index in [-0.39, 0.29) is 6.10 Å². The van der Waals surface area contributed by atoms with Gasteiger partial charge in [-0.05, 0) is 26.2 Å². The standard InChI is InChI=1S/C12H24N2O/c1-5-6-10(2)8-15-11(3)7-12(4,14)9-13/h10-11H,5-8,14H2,1-4H3. The maximum absolute atomic E-state index is 8.77. The first kappa shape index (κ1) is 14.4. The van der Waals surface area contributed by atoms with Gasteiger partial charge >= 0.3 is 0 Å². The zero-order chi connectivity index (χ0) is 11.9. The number of hydrogen-bond donors (Lipinski definition) is 1. The van der Waals surface area contributed by atoms with Crippen LogP contribution < -0.4 is 5.73 Å². The van der Waals surface area contributed by atoms with Crippen LogP contribution in [0.2, 0.25) is 0 Å². The minimum atomic E-state index is -0.770. The molecule has 0 aromatic carbocycles. The molecule has 0 amide bonds. The molecule has 0 bridgehead atoms. The minimum Gasteiger partial charge on any atom is -0.378 e. The Labute approximate surface area is 93.6 Å². The Morgan fingerprint density at radius 3 is 2.53 bits per heavy atom. The Hall–Kier alpha value is -0.590. The first-order chi connectivity index (χ1) is 6.91. The highest BCUT2D eigenvalue weighted by Crippen LogP contribution is 2.13. The van der Waals surface area contributed by atoms with Gasteiger partial charge in [-0.2, -0.15) is 5.26 Å². The fourth-order valence-corrected chi connectivity index (χ4v) is 1.61. The molecule has 0 heterocycles. The van der Waals surface area contributed by atoms with Crippen LogP contribution >= 0.6 is 0 Å². The van der Waals surface area contributed by atoms with Gasteiger partial charge in [0.25, 0.3) is 0 Å². The van der Waals surface area contributed by atoms with Gasteiger partial charge in [0, 0.05) is 13.0 Å². The highest BCUT2D eigenvalue weighted by atomic mass is 16.5. The van der Waals surface area contributed by atoms with Crippen molar-refractivity contribution < 1.29 is 4.74 Å². The molecule has 15 heavy (non-hydrogen) atoms. The fourth-order valence-electron chi connectivity index (χ4n) is 1.61. The molecule has 0 aliphatic rings. The van der Waals surface area contributed by atoms with Crippen LogP contribution in [0.1, 0.15) is 47.0 Å². The van der Waals surface area contributed by atoms with Crippen LogP contribution in [0.25, 0.3) is 0 Å². The molecule has 0 spiro atoms. The highest BCUT2D eigenvalue weighted by molar-refractivity contribution is 5.01. The van der Waals surface area contributed by atoms with Crippen molar-refractivity contribution in [1.29, 1.82) is 5.26 Å². The van der Waals surface area contributed by atoms with Crippen LogP contribution in [-0.2, 0) is 4.74 Å². The number of nitrogens with two attached hydrogens (primary N) is 1. The summed E-state index contributed by atoms with van der Waals surface area (Å²) in [5.74, 6) is 0.587. The van der Waals surface area contributed by atoms with Gasteiger partial charge in [-0.15, -0.1) is 0 Å². The van der Waals surface area contributed by atoms with Crippen LogP contribution in [0.4, 0.5) is 0 Å². The van der Waals surface area contributed by atoms with Crippen molar-refractivity contribution in [2.75, 3.05) is 6.61 Å². The molecule has 0 aromatic heterocycles. The Kier molecular flexibility index (Phi) is 6.55. The van der Waals surface area contributed by atoms with Gasteiger partial charge in [-0.3, -0.25) is 0 Å². The fraction of sp³-hybridized carbons (Fsp3) is 0.917. The minimum absolute atomic E-state index is 0.0546. The SMILES string of the molecule is CCCC(C)COC(C)CC(C)(N)C#N. The van der Waals surface area contributed by atoms with Crippen molar-refractivity contribution in [3.8, 4) is 6.07 Å². The van der Waals surface area contributed by atoms with Crippen LogP contribution in [0.15, 0.2) is 0 Å². The van der Waals surface area contributed by atoms with E-state index in [0.717, 1.165) is 6.61 Å². The van der Waals surface area contributed by atoms with E-state index in [0.29, 0.717) is 12.3 Å². The van der Waals surface area contributed by atoms with Gasteiger partial charge in [-0.25, -0.2) is 0 Å². The second kappa shape index (κ2) is 6.81. The molecule has 88 valence electrons. The van der Waals surface area contributed by atoms with Gasteiger partial charge in [0.1, 0.15) is 5.54 Å². The Morgan fingerprint density at radius 1 is 1.47 bits per heavy atom. The van der Waals surface area contributed by atoms with E-state index in [2.05, 4.69) is 19.9 Å². The summed E-state index contributed by atoms with van der Waals surface area (Å²) in [6.45, 7) is 8.83. The van der Waals surface area contributed by atoms with E-state index >= 15 is 0 Å². The molecule has 3 atom stereocenters. The summed E-state index contributed by atoms with van der Waals surface area (Å²) >= 11 is 0. The molecule has 0 radical (unpaired) electrons. The van der Waals surface area contributed by atoms with E-state index in [4.69, 9.17) is 15.7 Å². The van der Waals surface area contributed by atoms with Crippen molar-refractivity contribution >= 4 is 0 Å². The van der Waals surface area contributed by atoms with Crippen LogP contribution in [-0.4, -0.2) is 18.2 Å². The Balaban J connectivity index is 3.76. The second-order valence-corrected chi connectivity index (χ2v) is 4.77. The molecule has 0 saturated carbocycles. The zero-order valence-corrected chi connectivity index (χ0v) is 10.4. The summed E-state index contributed by atoms with van der Waals surface area (Å²) in [6, 6.07) is 2.08. The lowest BCUT2D eigenvalue weighted by molar-refractivity contribution is 0.0298. The van der Waals surface area contributed by atoms with E-state index in [9.17, 15) is 0 Å². The summed E-state index contributed by atoms with van der Waals surface area (Å²) < 4.78 is 5.66. The third-order valence-corrected chi connectivity index (χ3v) is 2.41. The summed E-state index contributed by atoms with van der Waals surface area (Å²) in [5.41, 5.74) is 4.97. The molecule has 0 aromatic rings. The highest BCUT2D eigenvalue weighted by Gasteiger charge is 2.21. The predicted octanol–water partition coefficient (Wildman–Crippen LogP) is 2.46. The number of nitriles is 1. The smallest absolute Gasteiger partial charge is 0.103 e. The number of rotatable bonds is 7. The Bertz CT molecular complexity index is 208. The number of hydrogen-bond acceptors (Lipinski definition) is 3. The summed E-state index contributed by atoms with van der Waals surface area (Å²) in [7, 11) is 0. The third kappa shape index (κ3) is 7.35. The predicted molar refractivity (Wildman–Crippen MR) is 62.3 cm³/mol. The van der Waals surface area contributed by atoms with E-state index in [1.807, 2.05) is 6.92 Å². The van der Waals surface area contributed by atoms with Crippen molar-refractivity contribution in [2.45, 2.75) is 58.6 Å². The van der Waals surface area contributed by atoms with Crippen molar-refractivity contribution in [1.82, 2.24) is 0 Å². The molecule has 3 unspecified atom stereocenters. The lowest BCUT2D eigenvalue weighted by Crippen LogP contribution is -2.38. The molecule has 2 N–H and O–H groups in total. The molecule has 0 saturated heterocycles. The normalized spacial score (nSPS) is 18.9. The quantitative estimate of drug-likeness (QED) is 0.705. The topological polar surface area (TPSA) is 59.0 Å². The van der Waals surface area contributed by atoms with Crippen LogP contribution in [0.3, 0.4) is 0 Å². The molecule has 0 fully saturated rings. The molecule has 0 aliphatic heterocycles. The summed E-state index contributed by atoms with van der Waals surface area (Å²) in [4.78, 5) is 0. The maximum Gasteiger partial charge on any atom is 0.103 e. The summed E-state index contributed by atoms with van der Waals surface area (Å²) in [6.07, 6.45) is 3.01. The average Bonchev–Trinajstić information content (AvgIpc) is 2.15. The second-order valence-electron chi connectivity index (χ2n) is 4.77. The number of ether oxygens (including phenoxy) is 1. The van der Waals surface area contributed by atoms with Gasteiger partial charge < -0.3 is 10.5 Å². The molecular formula is C12H24N2O. The van der Waals surface area contributed by atoms with Crippen LogP contribution in [0.5, 0.6) is 0 Å². The lowest BCUT2D eigenvalue weighted by Gasteiger charge is -2.22. The Morgan fingerprint density at radius 2 is 2.07 bits per heavy atom. The molecule has 3 nitrogen and oxygen atoms in total. The third-order valence-electron chi connectivity index (χ3n) is 2.41. The first-order valence-electron chi connectivity index (χ1n) is 5.73. The van der Waals surface area contributed by atoms with Gasteiger partial charge in [0.2, 0.25) is 0 Å². The zero-order valence-electron chi connectivity index (χ0n) is 10.4. The first-order valence-corrected chi connectivity index (χ1v) is 5.73. The lowest BCUT2D eigenvalue weighted by atomic mass is 9.98. The molecular weight excluding hydrogens is 188 g/mol. The van der Waals surface area contributed by atoms with E-state index in [1.165, 1.54) is 12.8 Å². The van der Waals surface area contributed by atoms with Gasteiger partial charge in [0.15, 0.2) is 0 Å². The number of nitrogens with zero attached hydrogens (tertiary/aromatic N) is 1. The van der Waals surface area contributed by atoms with Crippen LogP contribution in [0, 0.1) is 17.2 Å².